The topological polar surface area (TPSA) is 0 Å². The zero-order valence-electron chi connectivity index (χ0n) is 23.9. The quantitative estimate of drug-likeness (QED) is 0.151. The second-order valence-electron chi connectivity index (χ2n) is 10.6. The largest absolute Gasteiger partial charge is 4.00 e. The van der Waals surface area contributed by atoms with Crippen LogP contribution in [0.3, 0.4) is 0 Å². The molecule has 0 unspecified atom stereocenters. The fraction of sp³-hybridized carbons (Fsp3) is 0.194. The number of aryl methyl sites for hydroxylation is 6. The smallest absolute Gasteiger partial charge is 1.00 e. The molecule has 5 rings (SSSR count). The van der Waals surface area contributed by atoms with Gasteiger partial charge >= 0.3 is 21.7 Å². The van der Waals surface area contributed by atoms with Crippen LogP contribution in [0.2, 0.25) is 0 Å². The first-order chi connectivity index (χ1) is 17.3. The summed E-state index contributed by atoms with van der Waals surface area (Å²) in [4.78, 5) is 0. The maximum atomic E-state index is 2.39. The van der Waals surface area contributed by atoms with E-state index >= 15 is 0 Å². The van der Waals surface area contributed by atoms with E-state index in [2.05, 4.69) is 145 Å². The van der Waals surface area contributed by atoms with E-state index in [9.17, 15) is 0 Å². The van der Waals surface area contributed by atoms with E-state index in [1.165, 1.54) is 66.8 Å². The Bertz CT molecular complexity index is 1360. The van der Waals surface area contributed by atoms with Crippen LogP contribution in [-0.4, -0.2) is 0 Å². The van der Waals surface area contributed by atoms with Crippen LogP contribution in [-0.2, 0) is 27.1 Å². The number of benzene rings is 4. The molecule has 0 aromatic heterocycles. The van der Waals surface area contributed by atoms with E-state index in [1.807, 2.05) is 0 Å². The molecule has 0 spiro atoms. The van der Waals surface area contributed by atoms with E-state index < -0.39 is 5.41 Å². The molecule has 0 aliphatic heterocycles. The van der Waals surface area contributed by atoms with Crippen LogP contribution < -0.4 is 37.2 Å². The molecule has 0 N–H and O–H groups in total. The summed E-state index contributed by atoms with van der Waals surface area (Å²) < 4.78 is 0. The minimum Gasteiger partial charge on any atom is -1.00 e. The van der Waals surface area contributed by atoms with Gasteiger partial charge in [-0.1, -0.05) is 124 Å². The van der Waals surface area contributed by atoms with Crippen molar-refractivity contribution in [1.29, 1.82) is 0 Å². The normalized spacial score (nSPS) is 10.4. The van der Waals surface area contributed by atoms with Gasteiger partial charge in [0.2, 0.25) is 0 Å². The van der Waals surface area contributed by atoms with Gasteiger partial charge in [-0.25, -0.2) is 0 Å². The Balaban J connectivity index is 0.00000200. The molecule has 0 saturated carbocycles. The van der Waals surface area contributed by atoms with E-state index in [4.69, 9.17) is 0 Å². The third-order valence-corrected chi connectivity index (χ3v) is 7.27. The summed E-state index contributed by atoms with van der Waals surface area (Å²) in [6.07, 6.45) is 0. The second kappa shape index (κ2) is 14.6. The fourth-order valence-electron chi connectivity index (χ4n) is 6.16. The Labute approximate surface area is 274 Å². The van der Waals surface area contributed by atoms with Crippen molar-refractivity contribution in [2.24, 2.45) is 0 Å². The molecule has 5 aromatic carbocycles. The molecule has 0 aliphatic rings. The Morgan fingerprint density at radius 1 is 0.450 bits per heavy atom. The standard InChI is InChI=1S/C36H35.3ClH.Ti/c1-24-15-25(2)19-31(18-24)36(32-20-26(3)16-27(4)21-32,33-22-28(5)17-29(6)23-33)35-14-10-13-34(35)30-11-8-7-9-12-30;;;;/h7-23H,1-6H3;3*1H;/q-1;;;;+4/p-3. The third-order valence-electron chi connectivity index (χ3n) is 7.27. The summed E-state index contributed by atoms with van der Waals surface area (Å²) >= 11 is 0. The molecule has 0 amide bonds. The van der Waals surface area contributed by atoms with Gasteiger partial charge in [0, 0.05) is 5.41 Å². The predicted octanol–water partition coefficient (Wildman–Crippen LogP) is 0.315. The zero-order chi connectivity index (χ0) is 25.4. The van der Waals surface area contributed by atoms with Crippen LogP contribution >= 0.6 is 0 Å². The van der Waals surface area contributed by atoms with Crippen LogP contribution in [0.5, 0.6) is 0 Å². The van der Waals surface area contributed by atoms with Crippen molar-refractivity contribution in [2.75, 3.05) is 0 Å². The number of hydrogen-bond donors (Lipinski definition) is 0. The zero-order valence-corrected chi connectivity index (χ0v) is 27.8. The first-order valence-corrected chi connectivity index (χ1v) is 12.9. The van der Waals surface area contributed by atoms with Crippen molar-refractivity contribution < 1.29 is 58.9 Å². The molecule has 204 valence electrons. The molecule has 0 nitrogen and oxygen atoms in total. The SMILES string of the molecule is Cc1cc(C)cc(C(c2cc(C)cc(C)c2)(c2cc(C)cc(C)c2)[c-]2cccc2-c2ccccc2)c1.[Cl-].[Cl-].[Cl-].[Ti+4]. The van der Waals surface area contributed by atoms with Gasteiger partial charge in [-0.3, -0.25) is 0 Å². The fourth-order valence-corrected chi connectivity index (χ4v) is 6.16. The second-order valence-corrected chi connectivity index (χ2v) is 10.6. The number of hydrogen-bond acceptors (Lipinski definition) is 0. The van der Waals surface area contributed by atoms with Gasteiger partial charge in [0.25, 0.3) is 0 Å². The Morgan fingerprint density at radius 3 is 1.15 bits per heavy atom. The average molecular weight is 622 g/mol. The van der Waals surface area contributed by atoms with Crippen molar-refractivity contribution in [3.05, 3.63) is 159 Å². The van der Waals surface area contributed by atoms with E-state index in [1.54, 1.807) is 0 Å². The minimum absolute atomic E-state index is 0. The van der Waals surface area contributed by atoms with Gasteiger partial charge in [0.1, 0.15) is 0 Å². The summed E-state index contributed by atoms with van der Waals surface area (Å²) in [5.41, 5.74) is 15.1. The van der Waals surface area contributed by atoms with E-state index in [-0.39, 0.29) is 58.9 Å². The van der Waals surface area contributed by atoms with Crippen molar-refractivity contribution in [2.45, 2.75) is 47.0 Å². The van der Waals surface area contributed by atoms with Crippen molar-refractivity contribution in [1.82, 2.24) is 0 Å². The van der Waals surface area contributed by atoms with Gasteiger partial charge in [0.05, 0.1) is 0 Å². The molecule has 0 heterocycles. The molecule has 40 heavy (non-hydrogen) atoms. The summed E-state index contributed by atoms with van der Waals surface area (Å²) in [5, 5.41) is 0. The van der Waals surface area contributed by atoms with Crippen molar-refractivity contribution in [3.63, 3.8) is 0 Å². The van der Waals surface area contributed by atoms with Gasteiger partial charge in [0.15, 0.2) is 0 Å². The molecule has 4 heteroatoms. The summed E-state index contributed by atoms with van der Waals surface area (Å²) in [7, 11) is 0. The molecule has 0 fully saturated rings. The molecular formula is C36H35Cl3Ti. The summed E-state index contributed by atoms with van der Waals surface area (Å²) in [6, 6.07) is 38.9. The predicted molar refractivity (Wildman–Crippen MR) is 154 cm³/mol. The maximum absolute atomic E-state index is 2.39. The van der Waals surface area contributed by atoms with Crippen LogP contribution in [0.15, 0.2) is 103 Å². The average Bonchev–Trinajstić information content (AvgIpc) is 3.28. The molecule has 0 saturated heterocycles. The van der Waals surface area contributed by atoms with Gasteiger partial charge < -0.3 is 37.2 Å². The Morgan fingerprint density at radius 2 is 0.800 bits per heavy atom. The first-order valence-electron chi connectivity index (χ1n) is 12.9. The minimum atomic E-state index is -0.459. The molecule has 0 atom stereocenters. The Kier molecular flexibility index (Phi) is 13.1. The molecular weight excluding hydrogens is 587 g/mol. The first kappa shape index (κ1) is 35.8. The summed E-state index contributed by atoms with van der Waals surface area (Å²) in [6.45, 7) is 13.3. The Hall–Kier alpha value is -2.19. The van der Waals surface area contributed by atoms with Gasteiger partial charge in [-0.15, -0.1) is 17.2 Å². The molecule has 0 radical (unpaired) electrons. The van der Waals surface area contributed by atoms with E-state index in [0.717, 1.165) is 0 Å². The molecule has 5 aromatic rings. The van der Waals surface area contributed by atoms with Crippen LogP contribution in [0.25, 0.3) is 11.1 Å². The van der Waals surface area contributed by atoms with Crippen LogP contribution in [0, 0.1) is 41.5 Å². The third kappa shape index (κ3) is 6.81. The maximum Gasteiger partial charge on any atom is 4.00 e. The molecule has 0 bridgehead atoms. The van der Waals surface area contributed by atoms with Crippen molar-refractivity contribution >= 4 is 0 Å². The number of rotatable bonds is 5. The monoisotopic (exact) mass is 620 g/mol. The van der Waals surface area contributed by atoms with E-state index in [0.29, 0.717) is 0 Å². The van der Waals surface area contributed by atoms with Crippen molar-refractivity contribution in [3.8, 4) is 11.1 Å². The van der Waals surface area contributed by atoms with Crippen LogP contribution in [0.1, 0.15) is 55.6 Å². The van der Waals surface area contributed by atoms with Crippen LogP contribution in [0.4, 0.5) is 0 Å². The molecule has 0 aliphatic carbocycles. The summed E-state index contributed by atoms with van der Waals surface area (Å²) in [5.74, 6) is 0. The van der Waals surface area contributed by atoms with Gasteiger partial charge in [-0.2, -0.15) is 12.1 Å². The van der Waals surface area contributed by atoms with Gasteiger partial charge in [-0.05, 0) is 58.2 Å². The number of halogens is 3.